The summed E-state index contributed by atoms with van der Waals surface area (Å²) in [5, 5.41) is 6.06. The minimum atomic E-state index is 0.0345. The largest absolute Gasteiger partial charge is 0.276 e. The molecule has 2 nitrogen and oxygen atoms in total. The summed E-state index contributed by atoms with van der Waals surface area (Å²) in [4.78, 5) is 0. The summed E-state index contributed by atoms with van der Waals surface area (Å²) in [6, 6.07) is 8.52. The van der Waals surface area contributed by atoms with Crippen LogP contribution in [0, 0.1) is 0 Å². The second-order valence-corrected chi connectivity index (χ2v) is 6.79. The summed E-state index contributed by atoms with van der Waals surface area (Å²) in [5.41, 5.74) is 2.60. The van der Waals surface area contributed by atoms with E-state index >= 15 is 0 Å². The summed E-state index contributed by atoms with van der Waals surface area (Å²) in [6.07, 6.45) is 4.98. The molecule has 0 saturated heterocycles. The first-order valence-corrected chi connectivity index (χ1v) is 8.99. The van der Waals surface area contributed by atoms with Crippen molar-refractivity contribution in [2.24, 2.45) is 7.05 Å². The van der Waals surface area contributed by atoms with E-state index in [4.69, 9.17) is 0 Å². The number of aryl methyl sites for hydroxylation is 1. The van der Waals surface area contributed by atoms with Crippen LogP contribution in [0.1, 0.15) is 11.1 Å². The minimum Gasteiger partial charge on any atom is -0.276 e. The van der Waals surface area contributed by atoms with Gasteiger partial charge >= 0.3 is 0 Å². The zero-order valence-electron chi connectivity index (χ0n) is 10.6. The maximum Gasteiger partial charge on any atom is 0.0521 e. The number of rotatable bonds is 5. The lowest BCUT2D eigenvalue weighted by Gasteiger charge is -2.30. The molecule has 0 fully saturated rings. The number of benzene rings is 1. The van der Waals surface area contributed by atoms with Gasteiger partial charge in [-0.15, -0.1) is 0 Å². The van der Waals surface area contributed by atoms with E-state index in [1.54, 1.807) is 0 Å². The highest BCUT2D eigenvalue weighted by Crippen LogP contribution is 2.34. The Balaban J connectivity index is 2.37. The van der Waals surface area contributed by atoms with Crippen molar-refractivity contribution < 1.29 is 0 Å². The first-order valence-electron chi connectivity index (χ1n) is 5.95. The van der Waals surface area contributed by atoms with E-state index in [0.717, 1.165) is 21.6 Å². The average molecular weight is 451 g/mol. The molecule has 1 heterocycles. The van der Waals surface area contributed by atoms with Crippen molar-refractivity contribution >= 4 is 47.8 Å². The van der Waals surface area contributed by atoms with Gasteiger partial charge in [0.05, 0.1) is 6.20 Å². The molecule has 0 aliphatic carbocycles. The van der Waals surface area contributed by atoms with Gasteiger partial charge in [0.15, 0.2) is 0 Å². The fourth-order valence-electron chi connectivity index (χ4n) is 2.16. The Hall–Kier alpha value is -0.130. The highest BCUT2D eigenvalue weighted by Gasteiger charge is 2.31. The van der Waals surface area contributed by atoms with Crippen LogP contribution in [0.4, 0.5) is 0 Å². The van der Waals surface area contributed by atoms with E-state index in [0.29, 0.717) is 0 Å². The topological polar surface area (TPSA) is 17.8 Å². The van der Waals surface area contributed by atoms with Crippen LogP contribution in [0.15, 0.2) is 41.1 Å². The van der Waals surface area contributed by atoms with Gasteiger partial charge in [-0.1, -0.05) is 59.9 Å². The molecule has 102 valence electrons. The zero-order valence-corrected chi connectivity index (χ0v) is 15.4. The Morgan fingerprint density at radius 3 is 2.53 bits per heavy atom. The van der Waals surface area contributed by atoms with Crippen molar-refractivity contribution in [2.45, 2.75) is 11.8 Å². The number of nitrogens with zero attached hydrogens (tertiary/aromatic N) is 2. The van der Waals surface area contributed by atoms with E-state index in [9.17, 15) is 0 Å². The lowest BCUT2D eigenvalue weighted by molar-refractivity contribution is 0.550. The van der Waals surface area contributed by atoms with Crippen molar-refractivity contribution in [3.63, 3.8) is 0 Å². The molecule has 2 aromatic rings. The minimum absolute atomic E-state index is 0.0345. The van der Waals surface area contributed by atoms with Crippen LogP contribution in [0.3, 0.4) is 0 Å². The Bertz CT molecular complexity index is 547. The van der Waals surface area contributed by atoms with Gasteiger partial charge in [0.25, 0.3) is 0 Å². The molecule has 0 aliphatic rings. The molecule has 0 aliphatic heterocycles. The average Bonchev–Trinajstić information content (AvgIpc) is 2.81. The molecule has 0 bridgehead atoms. The Morgan fingerprint density at radius 1 is 1.26 bits per heavy atom. The lowest BCUT2D eigenvalue weighted by Crippen LogP contribution is -2.32. The smallest absolute Gasteiger partial charge is 0.0521 e. The SMILES string of the molecule is Cn1cc(CC(CBr)(CBr)c2cccc(Br)c2)cn1. The van der Waals surface area contributed by atoms with Crippen molar-refractivity contribution in [1.29, 1.82) is 0 Å². The van der Waals surface area contributed by atoms with Crippen molar-refractivity contribution in [3.8, 4) is 0 Å². The second-order valence-electron chi connectivity index (χ2n) is 4.76. The highest BCUT2D eigenvalue weighted by atomic mass is 79.9. The molecule has 0 amide bonds. The second kappa shape index (κ2) is 6.55. The van der Waals surface area contributed by atoms with Gasteiger partial charge in [0, 0.05) is 33.8 Å². The lowest BCUT2D eigenvalue weighted by atomic mass is 9.80. The highest BCUT2D eigenvalue weighted by molar-refractivity contribution is 9.10. The number of alkyl halides is 2. The van der Waals surface area contributed by atoms with E-state index < -0.39 is 0 Å². The summed E-state index contributed by atoms with van der Waals surface area (Å²) < 4.78 is 2.96. The molecule has 0 N–H and O–H groups in total. The first kappa shape index (κ1) is 15.3. The van der Waals surface area contributed by atoms with E-state index in [1.807, 2.05) is 17.9 Å². The third-order valence-electron chi connectivity index (χ3n) is 3.25. The maximum absolute atomic E-state index is 4.26. The van der Waals surface area contributed by atoms with Gasteiger partial charge in [-0.3, -0.25) is 4.68 Å². The quantitative estimate of drug-likeness (QED) is 0.615. The molecule has 0 atom stereocenters. The molecule has 19 heavy (non-hydrogen) atoms. The Kier molecular flexibility index (Phi) is 5.26. The monoisotopic (exact) mass is 448 g/mol. The third-order valence-corrected chi connectivity index (χ3v) is 5.89. The number of halogens is 3. The molecule has 0 unspecified atom stereocenters. The van der Waals surface area contributed by atoms with Crippen LogP contribution in [-0.2, 0) is 18.9 Å². The van der Waals surface area contributed by atoms with Crippen molar-refractivity contribution in [1.82, 2.24) is 9.78 Å². The molecule has 0 radical (unpaired) electrons. The Morgan fingerprint density at radius 2 is 2.00 bits per heavy atom. The third kappa shape index (κ3) is 3.50. The molecule has 2 rings (SSSR count). The number of hydrogen-bond acceptors (Lipinski definition) is 1. The van der Waals surface area contributed by atoms with E-state index in [1.165, 1.54) is 11.1 Å². The zero-order chi connectivity index (χ0) is 13.9. The first-order chi connectivity index (χ1) is 9.09. The van der Waals surface area contributed by atoms with Crippen LogP contribution >= 0.6 is 47.8 Å². The molecular formula is C14H15Br3N2. The normalized spacial score (nSPS) is 11.8. The molecule has 1 aromatic carbocycles. The fourth-order valence-corrected chi connectivity index (χ4v) is 4.53. The number of hydrogen-bond donors (Lipinski definition) is 0. The molecular weight excluding hydrogens is 436 g/mol. The summed E-state index contributed by atoms with van der Waals surface area (Å²) >= 11 is 10.9. The van der Waals surface area contributed by atoms with Gasteiger partial charge in [-0.05, 0) is 29.7 Å². The van der Waals surface area contributed by atoms with E-state index in [-0.39, 0.29) is 5.41 Å². The van der Waals surface area contributed by atoms with E-state index in [2.05, 4.69) is 83.4 Å². The maximum atomic E-state index is 4.26. The predicted octanol–water partition coefficient (Wildman–Crippen LogP) is 4.45. The molecule has 5 heteroatoms. The van der Waals surface area contributed by atoms with Gasteiger partial charge < -0.3 is 0 Å². The molecule has 0 saturated carbocycles. The fraction of sp³-hybridized carbons (Fsp3) is 0.357. The predicted molar refractivity (Wildman–Crippen MR) is 90.3 cm³/mol. The van der Waals surface area contributed by atoms with Crippen LogP contribution < -0.4 is 0 Å². The van der Waals surface area contributed by atoms with Crippen LogP contribution in [0.5, 0.6) is 0 Å². The summed E-state index contributed by atoms with van der Waals surface area (Å²) in [7, 11) is 1.95. The van der Waals surface area contributed by atoms with Gasteiger partial charge in [0.2, 0.25) is 0 Å². The number of aromatic nitrogens is 2. The molecule has 0 spiro atoms. The van der Waals surface area contributed by atoms with Crippen LogP contribution in [0.25, 0.3) is 0 Å². The summed E-state index contributed by atoms with van der Waals surface area (Å²) in [6.45, 7) is 0. The van der Waals surface area contributed by atoms with Gasteiger partial charge in [0.1, 0.15) is 0 Å². The Labute approximate surface area is 139 Å². The standard InChI is InChI=1S/C14H15Br3N2/c1-19-8-11(7-18-19)6-14(9-15,10-16)12-3-2-4-13(17)5-12/h2-5,7-8H,6,9-10H2,1H3. The van der Waals surface area contributed by atoms with Crippen molar-refractivity contribution in [2.75, 3.05) is 10.7 Å². The van der Waals surface area contributed by atoms with Crippen LogP contribution in [0.2, 0.25) is 0 Å². The van der Waals surface area contributed by atoms with Crippen molar-refractivity contribution in [3.05, 3.63) is 52.3 Å². The van der Waals surface area contributed by atoms with Crippen LogP contribution in [-0.4, -0.2) is 20.4 Å². The van der Waals surface area contributed by atoms with Gasteiger partial charge in [-0.25, -0.2) is 0 Å². The molecule has 1 aromatic heterocycles. The summed E-state index contributed by atoms with van der Waals surface area (Å²) in [5.74, 6) is 0. The van der Waals surface area contributed by atoms with Gasteiger partial charge in [-0.2, -0.15) is 5.10 Å².